The van der Waals surface area contributed by atoms with Crippen LogP contribution in [-0.4, -0.2) is 49.6 Å². The van der Waals surface area contributed by atoms with Gasteiger partial charge in [-0.25, -0.2) is 0 Å². The molecule has 1 aliphatic rings. The Bertz CT molecular complexity index is 309. The predicted molar refractivity (Wildman–Crippen MR) is 69.1 cm³/mol. The number of rotatable bonds is 4. The molecule has 1 rings (SSSR count). The highest BCUT2D eigenvalue weighted by atomic mass is 16.5. The maximum absolute atomic E-state index is 12.6. The van der Waals surface area contributed by atoms with Crippen molar-refractivity contribution in [2.45, 2.75) is 39.7 Å². The first-order valence-corrected chi connectivity index (χ1v) is 6.49. The number of carbonyl (C=O) groups excluding carboxylic acids is 2. The van der Waals surface area contributed by atoms with Crippen molar-refractivity contribution < 1.29 is 14.3 Å². The number of nitrogens with zero attached hydrogens (tertiary/aromatic N) is 1. The summed E-state index contributed by atoms with van der Waals surface area (Å²) in [6.45, 7) is 7.47. The van der Waals surface area contributed by atoms with Crippen LogP contribution in [0.1, 0.15) is 33.6 Å². The number of carbonyl (C=O) groups is 2. The fourth-order valence-corrected chi connectivity index (χ4v) is 2.28. The number of methoxy groups -OCH3 is 1. The Morgan fingerprint density at radius 2 is 2.11 bits per heavy atom. The zero-order valence-corrected chi connectivity index (χ0v) is 11.8. The summed E-state index contributed by atoms with van der Waals surface area (Å²) in [6, 6.07) is -0.00430. The van der Waals surface area contributed by atoms with Crippen LogP contribution in [0.4, 0.5) is 0 Å². The normalized spacial score (nSPS) is 23.8. The zero-order valence-electron chi connectivity index (χ0n) is 11.8. The van der Waals surface area contributed by atoms with E-state index in [4.69, 9.17) is 0 Å². The van der Waals surface area contributed by atoms with E-state index in [9.17, 15) is 9.59 Å². The number of hydrogen-bond acceptors (Lipinski definition) is 4. The minimum Gasteiger partial charge on any atom is -0.468 e. The quantitative estimate of drug-likeness (QED) is 0.755. The summed E-state index contributed by atoms with van der Waals surface area (Å²) in [5.74, 6) is -0.334. The number of ether oxygens (including phenoxy) is 1. The van der Waals surface area contributed by atoms with Crippen LogP contribution in [0.3, 0.4) is 0 Å². The summed E-state index contributed by atoms with van der Waals surface area (Å²) in [5.41, 5.74) is -0.406. The van der Waals surface area contributed by atoms with Crippen LogP contribution in [0.15, 0.2) is 0 Å². The van der Waals surface area contributed by atoms with Gasteiger partial charge in [-0.2, -0.15) is 0 Å². The molecule has 0 aromatic rings. The molecule has 0 spiro atoms. The lowest BCUT2D eigenvalue weighted by Crippen LogP contribution is -2.53. The lowest BCUT2D eigenvalue weighted by atomic mass is 9.81. The second kappa shape index (κ2) is 6.18. The lowest BCUT2D eigenvalue weighted by molar-refractivity contribution is -0.153. The molecule has 1 unspecified atom stereocenters. The number of esters is 1. The molecule has 1 fully saturated rings. The Hall–Kier alpha value is -1.10. The van der Waals surface area contributed by atoms with Crippen molar-refractivity contribution in [2.24, 2.45) is 5.41 Å². The molecule has 5 heteroatoms. The van der Waals surface area contributed by atoms with E-state index in [1.807, 2.05) is 20.8 Å². The molecular formula is C13H24N2O3. The first-order chi connectivity index (χ1) is 8.40. The van der Waals surface area contributed by atoms with Gasteiger partial charge in [-0.05, 0) is 40.2 Å². The van der Waals surface area contributed by atoms with Crippen molar-refractivity contribution in [3.8, 4) is 0 Å². The average molecular weight is 256 g/mol. The first-order valence-electron chi connectivity index (χ1n) is 6.49. The van der Waals surface area contributed by atoms with Gasteiger partial charge in [0.25, 0.3) is 0 Å². The Labute approximate surface area is 109 Å². The van der Waals surface area contributed by atoms with Crippen LogP contribution in [0.5, 0.6) is 0 Å². The van der Waals surface area contributed by atoms with Gasteiger partial charge in [0, 0.05) is 12.6 Å². The molecule has 1 saturated heterocycles. The van der Waals surface area contributed by atoms with Crippen molar-refractivity contribution in [1.29, 1.82) is 0 Å². The Morgan fingerprint density at radius 1 is 1.44 bits per heavy atom. The van der Waals surface area contributed by atoms with E-state index < -0.39 is 5.41 Å². The van der Waals surface area contributed by atoms with Crippen LogP contribution in [0.2, 0.25) is 0 Å². The highest BCUT2D eigenvalue weighted by Gasteiger charge is 2.39. The molecule has 5 nitrogen and oxygen atoms in total. The molecule has 1 aliphatic heterocycles. The van der Waals surface area contributed by atoms with E-state index in [1.165, 1.54) is 7.11 Å². The standard InChI is InChI=1S/C13H24N2O3/c1-10(2)15(8-11(16)18-4)12(17)13(3)6-5-7-14-9-13/h10,14H,5-9H2,1-4H3. The molecular weight excluding hydrogens is 232 g/mol. The molecule has 18 heavy (non-hydrogen) atoms. The van der Waals surface area contributed by atoms with Gasteiger partial charge < -0.3 is 15.0 Å². The van der Waals surface area contributed by atoms with E-state index in [0.717, 1.165) is 19.4 Å². The third-order valence-electron chi connectivity index (χ3n) is 3.52. The van der Waals surface area contributed by atoms with Gasteiger partial charge in [-0.1, -0.05) is 0 Å². The summed E-state index contributed by atoms with van der Waals surface area (Å²) in [6.07, 6.45) is 1.86. The van der Waals surface area contributed by atoms with Gasteiger partial charge in [0.2, 0.25) is 5.91 Å². The number of piperidine rings is 1. The van der Waals surface area contributed by atoms with E-state index >= 15 is 0 Å². The Kier molecular flexibility index (Phi) is 5.14. The van der Waals surface area contributed by atoms with Gasteiger partial charge in [-0.3, -0.25) is 9.59 Å². The molecule has 0 aromatic heterocycles. The van der Waals surface area contributed by atoms with Crippen LogP contribution in [-0.2, 0) is 14.3 Å². The summed E-state index contributed by atoms with van der Waals surface area (Å²) < 4.78 is 4.65. The summed E-state index contributed by atoms with van der Waals surface area (Å²) in [5, 5.41) is 3.25. The highest BCUT2D eigenvalue weighted by molar-refractivity contribution is 5.86. The first kappa shape index (κ1) is 15.0. The van der Waals surface area contributed by atoms with Crippen LogP contribution in [0.25, 0.3) is 0 Å². The summed E-state index contributed by atoms with van der Waals surface area (Å²) in [7, 11) is 1.34. The number of hydrogen-bond donors (Lipinski definition) is 1. The average Bonchev–Trinajstić information content (AvgIpc) is 2.35. The summed E-state index contributed by atoms with van der Waals surface area (Å²) in [4.78, 5) is 25.6. The van der Waals surface area contributed by atoms with E-state index in [2.05, 4.69) is 10.1 Å². The van der Waals surface area contributed by atoms with Crippen molar-refractivity contribution in [3.63, 3.8) is 0 Å². The van der Waals surface area contributed by atoms with Crippen molar-refractivity contribution in [1.82, 2.24) is 10.2 Å². The minimum atomic E-state index is -0.406. The van der Waals surface area contributed by atoms with E-state index in [-0.39, 0.29) is 24.5 Å². The van der Waals surface area contributed by atoms with Gasteiger partial charge in [-0.15, -0.1) is 0 Å². The molecule has 0 radical (unpaired) electrons. The Balaban J connectivity index is 2.78. The predicted octanol–water partition coefficient (Wildman–Crippen LogP) is 0.786. The SMILES string of the molecule is COC(=O)CN(C(=O)C1(C)CCCNC1)C(C)C. The van der Waals surface area contributed by atoms with Gasteiger partial charge in [0.05, 0.1) is 12.5 Å². The third kappa shape index (κ3) is 3.45. The monoisotopic (exact) mass is 256 g/mol. The number of nitrogens with one attached hydrogen (secondary N) is 1. The third-order valence-corrected chi connectivity index (χ3v) is 3.52. The van der Waals surface area contributed by atoms with Crippen LogP contribution in [0, 0.1) is 5.41 Å². The largest absolute Gasteiger partial charge is 0.468 e. The van der Waals surface area contributed by atoms with Gasteiger partial charge in [0.15, 0.2) is 0 Å². The van der Waals surface area contributed by atoms with E-state index in [1.54, 1.807) is 4.90 Å². The van der Waals surface area contributed by atoms with Crippen LogP contribution >= 0.6 is 0 Å². The zero-order chi connectivity index (χ0) is 13.8. The van der Waals surface area contributed by atoms with Crippen molar-refractivity contribution >= 4 is 11.9 Å². The van der Waals surface area contributed by atoms with Crippen molar-refractivity contribution in [2.75, 3.05) is 26.7 Å². The maximum Gasteiger partial charge on any atom is 0.325 e. The Morgan fingerprint density at radius 3 is 2.56 bits per heavy atom. The van der Waals surface area contributed by atoms with Gasteiger partial charge >= 0.3 is 5.97 Å². The maximum atomic E-state index is 12.6. The van der Waals surface area contributed by atoms with E-state index in [0.29, 0.717) is 6.54 Å². The highest BCUT2D eigenvalue weighted by Crippen LogP contribution is 2.28. The molecule has 0 aromatic carbocycles. The lowest BCUT2D eigenvalue weighted by Gasteiger charge is -2.38. The van der Waals surface area contributed by atoms with Gasteiger partial charge in [0.1, 0.15) is 6.54 Å². The molecule has 104 valence electrons. The minimum absolute atomic E-state index is 0.00430. The molecule has 1 N–H and O–H groups in total. The second-order valence-electron chi connectivity index (χ2n) is 5.44. The smallest absolute Gasteiger partial charge is 0.325 e. The fourth-order valence-electron chi connectivity index (χ4n) is 2.28. The molecule has 0 bridgehead atoms. The molecule has 0 saturated carbocycles. The number of amides is 1. The molecule has 1 atom stereocenters. The topological polar surface area (TPSA) is 58.6 Å². The van der Waals surface area contributed by atoms with Crippen molar-refractivity contribution in [3.05, 3.63) is 0 Å². The molecule has 0 aliphatic carbocycles. The fraction of sp³-hybridized carbons (Fsp3) is 0.846. The second-order valence-corrected chi connectivity index (χ2v) is 5.44. The molecule has 1 heterocycles. The summed E-state index contributed by atoms with van der Waals surface area (Å²) >= 11 is 0. The molecule has 1 amide bonds. The van der Waals surface area contributed by atoms with Crippen LogP contribution < -0.4 is 5.32 Å².